The van der Waals surface area contributed by atoms with Gasteiger partial charge in [0.25, 0.3) is 0 Å². The van der Waals surface area contributed by atoms with Gasteiger partial charge >= 0.3 is 6.03 Å². The summed E-state index contributed by atoms with van der Waals surface area (Å²) in [6.45, 7) is 5.70. The van der Waals surface area contributed by atoms with E-state index in [4.69, 9.17) is 4.74 Å². The number of hydrogen-bond acceptors (Lipinski definition) is 5. The van der Waals surface area contributed by atoms with Crippen molar-refractivity contribution in [2.24, 2.45) is 0 Å². The molecule has 2 atom stereocenters. The van der Waals surface area contributed by atoms with Crippen molar-refractivity contribution in [3.8, 4) is 0 Å². The predicted molar refractivity (Wildman–Crippen MR) is 88.4 cm³/mol. The van der Waals surface area contributed by atoms with E-state index in [0.29, 0.717) is 19.7 Å². The lowest BCUT2D eigenvalue weighted by Crippen LogP contribution is -2.47. The number of ether oxygens (including phenoxy) is 1. The van der Waals surface area contributed by atoms with E-state index in [9.17, 15) is 4.79 Å². The standard InChI is InChI=1S/C15H19N3O2S2/c1-10-8-22-14(16-10)11(2)17-15(19)18-4-5-20-13(7-18)12-3-6-21-9-12/h3,6,8-9,11,13H,4-5,7H2,1-2H3,(H,17,19)/t11-,13+/m0/s1. The molecule has 0 saturated carbocycles. The molecule has 0 aromatic carbocycles. The number of aromatic nitrogens is 1. The fourth-order valence-corrected chi connectivity index (χ4v) is 3.91. The van der Waals surface area contributed by atoms with Crippen LogP contribution in [0.15, 0.2) is 22.2 Å². The van der Waals surface area contributed by atoms with E-state index in [1.54, 1.807) is 22.7 Å². The number of rotatable bonds is 3. The van der Waals surface area contributed by atoms with Crippen LogP contribution in [-0.2, 0) is 4.74 Å². The molecule has 7 heteroatoms. The Kier molecular flexibility index (Phi) is 4.75. The molecule has 2 aromatic heterocycles. The third-order valence-electron chi connectivity index (χ3n) is 3.62. The van der Waals surface area contributed by atoms with E-state index in [2.05, 4.69) is 21.7 Å². The molecular weight excluding hydrogens is 318 g/mol. The Morgan fingerprint density at radius 1 is 1.55 bits per heavy atom. The van der Waals surface area contributed by atoms with E-state index in [1.807, 2.05) is 29.5 Å². The number of carbonyl (C=O) groups excluding carboxylic acids is 1. The maximum Gasteiger partial charge on any atom is 0.318 e. The van der Waals surface area contributed by atoms with Gasteiger partial charge in [-0.1, -0.05) is 0 Å². The highest BCUT2D eigenvalue weighted by molar-refractivity contribution is 7.09. The second-order valence-corrected chi connectivity index (χ2v) is 7.03. The summed E-state index contributed by atoms with van der Waals surface area (Å²) < 4.78 is 5.77. The van der Waals surface area contributed by atoms with Crippen LogP contribution in [0.4, 0.5) is 4.79 Å². The summed E-state index contributed by atoms with van der Waals surface area (Å²) in [6.07, 6.45) is -0.0248. The predicted octanol–water partition coefficient (Wildman–Crippen LogP) is 3.36. The van der Waals surface area contributed by atoms with Gasteiger partial charge in [-0.25, -0.2) is 9.78 Å². The third kappa shape index (κ3) is 3.48. The van der Waals surface area contributed by atoms with E-state index in [-0.39, 0.29) is 18.2 Å². The van der Waals surface area contributed by atoms with Crippen molar-refractivity contribution in [3.05, 3.63) is 38.5 Å². The summed E-state index contributed by atoms with van der Waals surface area (Å²) in [4.78, 5) is 18.7. The Morgan fingerprint density at radius 3 is 3.09 bits per heavy atom. The van der Waals surface area contributed by atoms with Gasteiger partial charge < -0.3 is 15.0 Å². The number of nitrogens with one attached hydrogen (secondary N) is 1. The van der Waals surface area contributed by atoms with Crippen molar-refractivity contribution in [2.75, 3.05) is 19.7 Å². The smallest absolute Gasteiger partial charge is 0.318 e. The van der Waals surface area contributed by atoms with Crippen LogP contribution in [0.2, 0.25) is 0 Å². The molecule has 1 N–H and O–H groups in total. The molecule has 118 valence electrons. The van der Waals surface area contributed by atoms with Crippen LogP contribution < -0.4 is 5.32 Å². The van der Waals surface area contributed by atoms with E-state index in [1.165, 1.54) is 0 Å². The fraction of sp³-hybridized carbons (Fsp3) is 0.467. The van der Waals surface area contributed by atoms with Gasteiger partial charge in [-0.3, -0.25) is 0 Å². The summed E-state index contributed by atoms with van der Waals surface area (Å²) in [6, 6.07) is 1.93. The average Bonchev–Trinajstić information content (AvgIpc) is 3.18. The van der Waals surface area contributed by atoms with Crippen LogP contribution in [0.3, 0.4) is 0 Å². The molecule has 1 saturated heterocycles. The summed E-state index contributed by atoms with van der Waals surface area (Å²) in [5.41, 5.74) is 2.14. The van der Waals surface area contributed by atoms with Gasteiger partial charge in [-0.05, 0) is 36.2 Å². The maximum absolute atomic E-state index is 12.4. The van der Waals surface area contributed by atoms with Crippen molar-refractivity contribution in [1.29, 1.82) is 0 Å². The van der Waals surface area contributed by atoms with Gasteiger partial charge in [0.1, 0.15) is 11.1 Å². The number of nitrogens with zero attached hydrogens (tertiary/aromatic N) is 2. The Labute approximate surface area is 137 Å². The number of thiophene rings is 1. The Morgan fingerprint density at radius 2 is 2.41 bits per heavy atom. The number of amides is 2. The molecule has 22 heavy (non-hydrogen) atoms. The van der Waals surface area contributed by atoms with Gasteiger partial charge in [0.15, 0.2) is 0 Å². The van der Waals surface area contributed by atoms with Crippen LogP contribution in [0.25, 0.3) is 0 Å². The third-order valence-corrected chi connectivity index (χ3v) is 5.46. The molecule has 5 nitrogen and oxygen atoms in total. The van der Waals surface area contributed by atoms with Crippen LogP contribution in [0, 0.1) is 6.92 Å². The molecular formula is C15H19N3O2S2. The number of hydrogen-bond donors (Lipinski definition) is 1. The van der Waals surface area contributed by atoms with Crippen molar-refractivity contribution in [3.63, 3.8) is 0 Å². The first-order valence-corrected chi connectivity index (χ1v) is 9.07. The molecule has 1 aliphatic heterocycles. The first-order chi connectivity index (χ1) is 10.6. The molecule has 0 radical (unpaired) electrons. The van der Waals surface area contributed by atoms with E-state index < -0.39 is 0 Å². The lowest BCUT2D eigenvalue weighted by atomic mass is 10.1. The van der Waals surface area contributed by atoms with Crippen molar-refractivity contribution < 1.29 is 9.53 Å². The normalized spacial score (nSPS) is 19.9. The summed E-state index contributed by atoms with van der Waals surface area (Å²) in [5, 5.41) is 10.1. The molecule has 0 spiro atoms. The first-order valence-electron chi connectivity index (χ1n) is 7.24. The lowest BCUT2D eigenvalue weighted by Gasteiger charge is -2.33. The van der Waals surface area contributed by atoms with Crippen molar-refractivity contribution in [2.45, 2.75) is 26.0 Å². The highest BCUT2D eigenvalue weighted by Crippen LogP contribution is 2.24. The van der Waals surface area contributed by atoms with Crippen molar-refractivity contribution in [1.82, 2.24) is 15.2 Å². The average molecular weight is 337 g/mol. The van der Waals surface area contributed by atoms with Gasteiger partial charge in [0.05, 0.1) is 19.2 Å². The SMILES string of the molecule is Cc1csc([C@H](C)NC(=O)N2CCO[C@@H](c3ccsc3)C2)n1. The fourth-order valence-electron chi connectivity index (χ4n) is 2.40. The van der Waals surface area contributed by atoms with E-state index in [0.717, 1.165) is 16.3 Å². The highest BCUT2D eigenvalue weighted by atomic mass is 32.1. The minimum absolute atomic E-state index is 0.0248. The number of morpholine rings is 1. The molecule has 3 heterocycles. The summed E-state index contributed by atoms with van der Waals surface area (Å²) in [7, 11) is 0. The molecule has 0 bridgehead atoms. The Bertz CT molecular complexity index is 627. The first kappa shape index (κ1) is 15.5. The summed E-state index contributed by atoms with van der Waals surface area (Å²) in [5.74, 6) is 0. The van der Waals surface area contributed by atoms with Gasteiger partial charge in [-0.2, -0.15) is 11.3 Å². The molecule has 1 aliphatic rings. The number of urea groups is 1. The quantitative estimate of drug-likeness (QED) is 0.934. The molecule has 0 aliphatic carbocycles. The second-order valence-electron chi connectivity index (χ2n) is 5.36. The monoisotopic (exact) mass is 337 g/mol. The van der Waals surface area contributed by atoms with Crippen molar-refractivity contribution >= 4 is 28.7 Å². The van der Waals surface area contributed by atoms with Gasteiger partial charge in [-0.15, -0.1) is 11.3 Å². The molecule has 1 fully saturated rings. The zero-order chi connectivity index (χ0) is 15.5. The Hall–Kier alpha value is -1.44. The van der Waals surface area contributed by atoms with Crippen LogP contribution in [-0.4, -0.2) is 35.6 Å². The van der Waals surface area contributed by atoms with Gasteiger partial charge in [0.2, 0.25) is 0 Å². The van der Waals surface area contributed by atoms with Crippen LogP contribution in [0.1, 0.15) is 35.3 Å². The number of aryl methyl sites for hydroxylation is 1. The van der Waals surface area contributed by atoms with E-state index >= 15 is 0 Å². The molecule has 3 rings (SSSR count). The number of thiazole rings is 1. The topological polar surface area (TPSA) is 54.5 Å². The van der Waals surface area contributed by atoms with Crippen LogP contribution in [0.5, 0.6) is 0 Å². The molecule has 2 amide bonds. The highest BCUT2D eigenvalue weighted by Gasteiger charge is 2.26. The number of carbonyl (C=O) groups is 1. The maximum atomic E-state index is 12.4. The molecule has 0 unspecified atom stereocenters. The second kappa shape index (κ2) is 6.76. The largest absolute Gasteiger partial charge is 0.370 e. The zero-order valence-electron chi connectivity index (χ0n) is 12.6. The molecule has 2 aromatic rings. The lowest BCUT2D eigenvalue weighted by molar-refractivity contribution is -0.0155. The van der Waals surface area contributed by atoms with Gasteiger partial charge in [0, 0.05) is 17.6 Å². The minimum Gasteiger partial charge on any atom is -0.370 e. The zero-order valence-corrected chi connectivity index (χ0v) is 14.2. The summed E-state index contributed by atoms with van der Waals surface area (Å²) >= 11 is 3.22. The minimum atomic E-state index is -0.0753. The van der Waals surface area contributed by atoms with Crippen LogP contribution >= 0.6 is 22.7 Å². The Balaban J connectivity index is 1.59.